The molecular formula is C25H31NO6. The van der Waals surface area contributed by atoms with Gasteiger partial charge in [-0.3, -0.25) is 9.59 Å². The molecule has 0 radical (unpaired) electrons. The normalized spacial score (nSPS) is 25.0. The highest BCUT2D eigenvalue weighted by atomic mass is 16.5. The molecule has 1 saturated carbocycles. The summed E-state index contributed by atoms with van der Waals surface area (Å²) in [5.74, 6) is -0.596. The Hall–Kier alpha value is -2.67. The van der Waals surface area contributed by atoms with Gasteiger partial charge in [0.2, 0.25) is 0 Å². The molecule has 0 spiro atoms. The number of fused-ring (bicyclic) bond motifs is 1. The van der Waals surface area contributed by atoms with Crippen LogP contribution in [-0.4, -0.2) is 55.0 Å². The third-order valence-corrected chi connectivity index (χ3v) is 6.50. The lowest BCUT2D eigenvalue weighted by atomic mass is 9.77. The fraction of sp³-hybridized carbons (Fsp3) is 0.560. The quantitative estimate of drug-likeness (QED) is 0.475. The first kappa shape index (κ1) is 22.5. The summed E-state index contributed by atoms with van der Waals surface area (Å²) in [6, 6.07) is 6.40. The van der Waals surface area contributed by atoms with Gasteiger partial charge in [-0.2, -0.15) is 0 Å². The molecule has 4 rings (SSSR count). The summed E-state index contributed by atoms with van der Waals surface area (Å²) in [5, 5.41) is 0. The number of nitrogens with zero attached hydrogens (tertiary/aromatic N) is 1. The Labute approximate surface area is 188 Å². The second kappa shape index (κ2) is 9.45. The van der Waals surface area contributed by atoms with Gasteiger partial charge < -0.3 is 19.1 Å². The van der Waals surface area contributed by atoms with E-state index in [9.17, 15) is 14.4 Å². The molecule has 172 valence electrons. The predicted octanol–water partition coefficient (Wildman–Crippen LogP) is 3.58. The zero-order chi connectivity index (χ0) is 22.8. The van der Waals surface area contributed by atoms with Crippen molar-refractivity contribution in [2.45, 2.75) is 64.2 Å². The van der Waals surface area contributed by atoms with Gasteiger partial charge in [0, 0.05) is 13.2 Å². The van der Waals surface area contributed by atoms with Crippen molar-refractivity contribution in [1.82, 2.24) is 4.90 Å². The van der Waals surface area contributed by atoms with Crippen molar-refractivity contribution in [3.63, 3.8) is 0 Å². The summed E-state index contributed by atoms with van der Waals surface area (Å²) in [6.45, 7) is 4.93. The van der Waals surface area contributed by atoms with E-state index >= 15 is 0 Å². The lowest BCUT2D eigenvalue weighted by Gasteiger charge is -2.35. The van der Waals surface area contributed by atoms with Crippen LogP contribution in [0.15, 0.2) is 35.6 Å². The molecule has 1 amide bonds. The molecule has 3 unspecified atom stereocenters. The first-order valence-corrected chi connectivity index (χ1v) is 11.5. The van der Waals surface area contributed by atoms with Crippen molar-refractivity contribution in [2.24, 2.45) is 5.92 Å². The molecule has 0 N–H and O–H groups in total. The fourth-order valence-electron chi connectivity index (χ4n) is 4.94. The molecule has 3 atom stereocenters. The maximum atomic E-state index is 13.5. The van der Waals surface area contributed by atoms with E-state index in [1.54, 1.807) is 29.2 Å². The fourth-order valence-corrected chi connectivity index (χ4v) is 4.94. The molecule has 32 heavy (non-hydrogen) atoms. The summed E-state index contributed by atoms with van der Waals surface area (Å²) in [7, 11) is 1.34. The number of Topliss-reactive ketones (excluding diaryl/α,β-unsaturated/α-hetero) is 1. The highest BCUT2D eigenvalue weighted by Crippen LogP contribution is 2.46. The number of carbonyl (C=O) groups excluding carboxylic acids is 3. The number of rotatable bonds is 7. The van der Waals surface area contributed by atoms with Gasteiger partial charge in [0.05, 0.1) is 36.3 Å². The van der Waals surface area contributed by atoms with E-state index in [0.29, 0.717) is 30.7 Å². The molecule has 0 bridgehead atoms. The molecule has 0 saturated heterocycles. The van der Waals surface area contributed by atoms with Crippen molar-refractivity contribution in [3.05, 3.63) is 46.7 Å². The maximum Gasteiger partial charge on any atom is 0.337 e. The highest BCUT2D eigenvalue weighted by Gasteiger charge is 2.51. The summed E-state index contributed by atoms with van der Waals surface area (Å²) in [4.78, 5) is 40.5. The van der Waals surface area contributed by atoms with Crippen LogP contribution in [0.25, 0.3) is 0 Å². The second-order valence-electron chi connectivity index (χ2n) is 8.94. The first-order valence-electron chi connectivity index (χ1n) is 11.5. The van der Waals surface area contributed by atoms with Gasteiger partial charge in [-0.05, 0) is 57.2 Å². The lowest BCUT2D eigenvalue weighted by molar-refractivity contribution is -0.135. The van der Waals surface area contributed by atoms with Crippen molar-refractivity contribution >= 4 is 17.7 Å². The summed E-state index contributed by atoms with van der Waals surface area (Å²) in [5.41, 5.74) is 1.67. The lowest BCUT2D eigenvalue weighted by Crippen LogP contribution is -2.39. The van der Waals surface area contributed by atoms with Crippen LogP contribution in [0.1, 0.15) is 67.9 Å². The van der Waals surface area contributed by atoms with Gasteiger partial charge in [-0.25, -0.2) is 4.79 Å². The van der Waals surface area contributed by atoms with Gasteiger partial charge in [0.1, 0.15) is 6.10 Å². The van der Waals surface area contributed by atoms with E-state index in [4.69, 9.17) is 14.2 Å². The summed E-state index contributed by atoms with van der Waals surface area (Å²) >= 11 is 0. The van der Waals surface area contributed by atoms with E-state index < -0.39 is 12.0 Å². The van der Waals surface area contributed by atoms with Crippen LogP contribution in [0.4, 0.5) is 0 Å². The monoisotopic (exact) mass is 441 g/mol. The Bertz CT molecular complexity index is 919. The first-order chi connectivity index (χ1) is 15.4. The zero-order valence-electron chi connectivity index (χ0n) is 19.0. The van der Waals surface area contributed by atoms with Gasteiger partial charge >= 0.3 is 5.97 Å². The molecule has 2 heterocycles. The van der Waals surface area contributed by atoms with Crippen LogP contribution in [0.5, 0.6) is 0 Å². The maximum absolute atomic E-state index is 13.5. The number of ketones is 1. The van der Waals surface area contributed by atoms with Gasteiger partial charge in [0.25, 0.3) is 5.91 Å². The number of carbonyl (C=O) groups is 3. The molecule has 1 fully saturated rings. The SMILES string of the molecule is COC(=O)c1ccc(C2C3=C(OC4CCCCC4C3=O)C(=O)N2CCCOC(C)C)cc1. The third-order valence-electron chi connectivity index (χ3n) is 6.50. The number of benzene rings is 1. The van der Waals surface area contributed by atoms with E-state index in [1.165, 1.54) is 7.11 Å². The molecule has 1 aromatic carbocycles. The van der Waals surface area contributed by atoms with Crippen LogP contribution in [0.2, 0.25) is 0 Å². The number of methoxy groups -OCH3 is 1. The van der Waals surface area contributed by atoms with Gasteiger partial charge in [0.15, 0.2) is 11.5 Å². The third kappa shape index (κ3) is 4.18. The second-order valence-corrected chi connectivity index (χ2v) is 8.94. The van der Waals surface area contributed by atoms with Crippen LogP contribution in [0, 0.1) is 5.92 Å². The van der Waals surface area contributed by atoms with E-state index in [1.807, 2.05) is 13.8 Å². The van der Waals surface area contributed by atoms with Crippen molar-refractivity contribution in [3.8, 4) is 0 Å². The van der Waals surface area contributed by atoms with Crippen LogP contribution in [-0.2, 0) is 23.8 Å². The Balaban J connectivity index is 1.66. The Morgan fingerprint density at radius 2 is 1.88 bits per heavy atom. The highest BCUT2D eigenvalue weighted by molar-refractivity contribution is 6.11. The van der Waals surface area contributed by atoms with E-state index in [-0.39, 0.29) is 35.6 Å². The number of ether oxygens (including phenoxy) is 3. The average molecular weight is 442 g/mol. The Morgan fingerprint density at radius 1 is 1.16 bits per heavy atom. The minimum Gasteiger partial charge on any atom is -0.483 e. The number of hydrogen-bond donors (Lipinski definition) is 0. The molecule has 7 heteroatoms. The average Bonchev–Trinajstić information content (AvgIpc) is 3.08. The number of amides is 1. The van der Waals surface area contributed by atoms with Crippen LogP contribution in [0.3, 0.4) is 0 Å². The Kier molecular flexibility index (Phi) is 6.65. The molecule has 3 aliphatic rings. The van der Waals surface area contributed by atoms with Crippen molar-refractivity contribution < 1.29 is 28.6 Å². The standard InChI is InChI=1S/C25H31NO6/c1-15(2)31-14-6-13-26-21(16-9-11-17(12-10-16)25(29)30-3)20-22(27)18-7-4-5-8-19(18)32-23(20)24(26)28/h9-12,15,18-19,21H,4-8,13-14H2,1-3H3. The summed E-state index contributed by atoms with van der Waals surface area (Å²) in [6.07, 6.45) is 4.19. The minimum atomic E-state index is -0.515. The van der Waals surface area contributed by atoms with Crippen LogP contribution < -0.4 is 0 Å². The molecule has 0 aromatic heterocycles. The van der Waals surface area contributed by atoms with Crippen molar-refractivity contribution in [1.29, 1.82) is 0 Å². The number of hydrogen-bond acceptors (Lipinski definition) is 6. The minimum absolute atomic E-state index is 0.0345. The molecular weight excluding hydrogens is 410 g/mol. The van der Waals surface area contributed by atoms with Gasteiger partial charge in [-0.15, -0.1) is 0 Å². The number of esters is 1. The molecule has 1 aromatic rings. The summed E-state index contributed by atoms with van der Waals surface area (Å²) < 4.78 is 16.6. The largest absolute Gasteiger partial charge is 0.483 e. The smallest absolute Gasteiger partial charge is 0.337 e. The zero-order valence-corrected chi connectivity index (χ0v) is 19.0. The van der Waals surface area contributed by atoms with Crippen molar-refractivity contribution in [2.75, 3.05) is 20.3 Å². The molecule has 7 nitrogen and oxygen atoms in total. The predicted molar refractivity (Wildman–Crippen MR) is 117 cm³/mol. The van der Waals surface area contributed by atoms with E-state index in [0.717, 1.165) is 31.2 Å². The Morgan fingerprint density at radius 3 is 2.56 bits per heavy atom. The molecule has 2 aliphatic heterocycles. The van der Waals surface area contributed by atoms with E-state index in [2.05, 4.69) is 0 Å². The molecule has 1 aliphatic carbocycles. The van der Waals surface area contributed by atoms with Crippen LogP contribution >= 0.6 is 0 Å². The van der Waals surface area contributed by atoms with Gasteiger partial charge in [-0.1, -0.05) is 18.6 Å². The topological polar surface area (TPSA) is 82.1 Å².